The first-order chi connectivity index (χ1) is 9.65. The van der Waals surface area contributed by atoms with Gasteiger partial charge in [-0.15, -0.1) is 0 Å². The molecule has 2 fully saturated rings. The highest BCUT2D eigenvalue weighted by Gasteiger charge is 2.57. The Morgan fingerprint density at radius 3 is 2.75 bits per heavy atom. The first kappa shape index (κ1) is 14.5. The third-order valence-electron chi connectivity index (χ3n) is 4.93. The van der Waals surface area contributed by atoms with E-state index >= 15 is 0 Å². The Morgan fingerprint density at radius 2 is 2.05 bits per heavy atom. The van der Waals surface area contributed by atoms with Gasteiger partial charge in [0.15, 0.2) is 0 Å². The summed E-state index contributed by atoms with van der Waals surface area (Å²) in [7, 11) is 0. The van der Waals surface area contributed by atoms with Gasteiger partial charge in [0, 0.05) is 29.0 Å². The van der Waals surface area contributed by atoms with Crippen LogP contribution in [-0.4, -0.2) is 18.7 Å². The zero-order valence-corrected chi connectivity index (χ0v) is 13.3. The second-order valence-corrected chi connectivity index (χ2v) is 6.81. The summed E-state index contributed by atoms with van der Waals surface area (Å²) in [5.74, 6) is 0.727. The smallest absolute Gasteiger partial charge is 0.139 e. The zero-order chi connectivity index (χ0) is 14.2. The molecule has 1 spiro atoms. The number of nitrogens with one attached hydrogen (secondary N) is 1. The van der Waals surface area contributed by atoms with E-state index in [1.165, 1.54) is 25.7 Å². The molecule has 1 aromatic rings. The molecule has 110 valence electrons. The van der Waals surface area contributed by atoms with Gasteiger partial charge in [-0.1, -0.05) is 43.0 Å². The molecule has 2 atom stereocenters. The van der Waals surface area contributed by atoms with Crippen molar-refractivity contribution >= 4 is 23.2 Å². The maximum absolute atomic E-state index is 6.22. The molecule has 2 aliphatic carbocycles. The van der Waals surface area contributed by atoms with Crippen LogP contribution in [0.25, 0.3) is 0 Å². The fraction of sp³-hybridized carbons (Fsp3) is 0.625. The van der Waals surface area contributed by atoms with Gasteiger partial charge in [-0.3, -0.25) is 0 Å². The summed E-state index contributed by atoms with van der Waals surface area (Å²) in [5, 5.41) is 4.94. The van der Waals surface area contributed by atoms with E-state index in [4.69, 9.17) is 27.9 Å². The largest absolute Gasteiger partial charge is 0.488 e. The summed E-state index contributed by atoms with van der Waals surface area (Å²) in [6.45, 7) is 3.20. The Labute approximate surface area is 130 Å². The van der Waals surface area contributed by atoms with E-state index in [1.54, 1.807) is 12.1 Å². The van der Waals surface area contributed by atoms with E-state index in [1.807, 2.05) is 6.07 Å². The Kier molecular flexibility index (Phi) is 4.16. The second kappa shape index (κ2) is 5.75. The molecule has 2 nitrogen and oxygen atoms in total. The Morgan fingerprint density at radius 1 is 1.30 bits per heavy atom. The average molecular weight is 314 g/mol. The minimum atomic E-state index is 0.269. The maximum atomic E-state index is 6.22. The van der Waals surface area contributed by atoms with Crippen molar-refractivity contribution in [3.8, 4) is 5.75 Å². The molecule has 3 rings (SSSR count). The molecule has 0 saturated heterocycles. The van der Waals surface area contributed by atoms with Crippen LogP contribution in [-0.2, 0) is 0 Å². The minimum absolute atomic E-state index is 0.269. The molecule has 1 aromatic carbocycles. The van der Waals surface area contributed by atoms with Crippen LogP contribution in [0, 0.1) is 5.41 Å². The van der Waals surface area contributed by atoms with Gasteiger partial charge in [0.1, 0.15) is 11.9 Å². The van der Waals surface area contributed by atoms with Crippen LogP contribution >= 0.6 is 23.2 Å². The summed E-state index contributed by atoms with van der Waals surface area (Å²) in [6.07, 6.45) is 6.47. The van der Waals surface area contributed by atoms with Crippen LogP contribution in [0.3, 0.4) is 0 Å². The van der Waals surface area contributed by atoms with Crippen molar-refractivity contribution in [3.05, 3.63) is 28.2 Å². The van der Waals surface area contributed by atoms with Crippen molar-refractivity contribution < 1.29 is 4.74 Å². The lowest BCUT2D eigenvalue weighted by atomic mass is 9.60. The predicted octanol–water partition coefficient (Wildman–Crippen LogP) is 4.68. The van der Waals surface area contributed by atoms with Crippen molar-refractivity contribution in [2.45, 2.75) is 51.2 Å². The Hall–Kier alpha value is -0.440. The Balaban J connectivity index is 1.76. The summed E-state index contributed by atoms with van der Waals surface area (Å²) in [5.41, 5.74) is 0.307. The number of benzene rings is 1. The van der Waals surface area contributed by atoms with E-state index in [0.29, 0.717) is 21.5 Å². The van der Waals surface area contributed by atoms with Gasteiger partial charge in [0.2, 0.25) is 0 Å². The number of hydrogen-bond donors (Lipinski definition) is 1. The normalized spacial score (nSPS) is 27.6. The molecule has 0 radical (unpaired) electrons. The molecular formula is C16H21Cl2NO. The zero-order valence-electron chi connectivity index (χ0n) is 11.8. The highest BCUT2D eigenvalue weighted by atomic mass is 35.5. The molecular weight excluding hydrogens is 293 g/mol. The fourth-order valence-electron chi connectivity index (χ4n) is 3.87. The van der Waals surface area contributed by atoms with Crippen LogP contribution in [0.15, 0.2) is 18.2 Å². The first-order valence-corrected chi connectivity index (χ1v) is 8.26. The van der Waals surface area contributed by atoms with Gasteiger partial charge in [-0.05, 0) is 31.5 Å². The molecule has 2 aliphatic rings. The standard InChI is InChI=1S/C16H21Cl2NO/c1-2-19-14-10-15(16(14)7-3-4-8-16)20-13-9-11(17)5-6-12(13)18/h5-6,9,14-15,19H,2-4,7-8,10H2,1H3. The van der Waals surface area contributed by atoms with Crippen molar-refractivity contribution in [1.82, 2.24) is 5.32 Å². The van der Waals surface area contributed by atoms with Crippen molar-refractivity contribution in [3.63, 3.8) is 0 Å². The molecule has 2 saturated carbocycles. The van der Waals surface area contributed by atoms with Gasteiger partial charge in [0.25, 0.3) is 0 Å². The Bertz CT molecular complexity index is 485. The maximum Gasteiger partial charge on any atom is 0.139 e. The van der Waals surface area contributed by atoms with E-state index in [2.05, 4.69) is 12.2 Å². The molecule has 1 N–H and O–H groups in total. The summed E-state index contributed by atoms with van der Waals surface area (Å²) < 4.78 is 6.22. The topological polar surface area (TPSA) is 21.3 Å². The van der Waals surface area contributed by atoms with Gasteiger partial charge in [-0.25, -0.2) is 0 Å². The van der Waals surface area contributed by atoms with Crippen molar-refractivity contribution in [2.24, 2.45) is 5.41 Å². The number of rotatable bonds is 4. The lowest BCUT2D eigenvalue weighted by Crippen LogP contribution is -2.63. The second-order valence-electron chi connectivity index (χ2n) is 5.97. The third kappa shape index (κ3) is 2.43. The van der Waals surface area contributed by atoms with E-state index in [0.717, 1.165) is 18.7 Å². The van der Waals surface area contributed by atoms with Gasteiger partial charge >= 0.3 is 0 Å². The van der Waals surface area contributed by atoms with Crippen molar-refractivity contribution in [2.75, 3.05) is 6.54 Å². The van der Waals surface area contributed by atoms with Crippen LogP contribution in [0.4, 0.5) is 0 Å². The molecule has 4 heteroatoms. The lowest BCUT2D eigenvalue weighted by molar-refractivity contribution is -0.0755. The SMILES string of the molecule is CCNC1CC(Oc2cc(Cl)ccc2Cl)C12CCCC2. The highest BCUT2D eigenvalue weighted by molar-refractivity contribution is 6.34. The van der Waals surface area contributed by atoms with Gasteiger partial charge < -0.3 is 10.1 Å². The molecule has 0 aliphatic heterocycles. The molecule has 0 bridgehead atoms. The first-order valence-electron chi connectivity index (χ1n) is 7.51. The molecule has 0 heterocycles. The molecule has 20 heavy (non-hydrogen) atoms. The summed E-state index contributed by atoms with van der Waals surface area (Å²) in [6, 6.07) is 6.02. The van der Waals surface area contributed by atoms with E-state index < -0.39 is 0 Å². The summed E-state index contributed by atoms with van der Waals surface area (Å²) >= 11 is 12.3. The molecule has 0 aromatic heterocycles. The molecule has 0 amide bonds. The predicted molar refractivity (Wildman–Crippen MR) is 83.9 cm³/mol. The third-order valence-corrected chi connectivity index (χ3v) is 5.48. The number of halogens is 2. The van der Waals surface area contributed by atoms with Crippen LogP contribution in [0.1, 0.15) is 39.0 Å². The van der Waals surface area contributed by atoms with Crippen LogP contribution < -0.4 is 10.1 Å². The highest BCUT2D eigenvalue weighted by Crippen LogP contribution is 2.55. The quantitative estimate of drug-likeness (QED) is 0.871. The van der Waals surface area contributed by atoms with E-state index in [9.17, 15) is 0 Å². The van der Waals surface area contributed by atoms with Crippen molar-refractivity contribution in [1.29, 1.82) is 0 Å². The number of ether oxygens (including phenoxy) is 1. The average Bonchev–Trinajstić information content (AvgIpc) is 2.94. The van der Waals surface area contributed by atoms with Gasteiger partial charge in [-0.2, -0.15) is 0 Å². The fourth-order valence-corrected chi connectivity index (χ4v) is 4.19. The van der Waals surface area contributed by atoms with E-state index in [-0.39, 0.29) is 6.10 Å². The number of hydrogen-bond acceptors (Lipinski definition) is 2. The lowest BCUT2D eigenvalue weighted by Gasteiger charge is -2.54. The monoisotopic (exact) mass is 313 g/mol. The molecule has 2 unspecified atom stereocenters. The minimum Gasteiger partial charge on any atom is -0.488 e. The van der Waals surface area contributed by atoms with Crippen LogP contribution in [0.5, 0.6) is 5.75 Å². The van der Waals surface area contributed by atoms with Crippen LogP contribution in [0.2, 0.25) is 10.0 Å². The summed E-state index contributed by atoms with van der Waals surface area (Å²) in [4.78, 5) is 0. The van der Waals surface area contributed by atoms with Gasteiger partial charge in [0.05, 0.1) is 5.02 Å².